The fourth-order valence-corrected chi connectivity index (χ4v) is 2.04. The zero-order chi connectivity index (χ0) is 10.9. The average Bonchev–Trinajstić information content (AvgIpc) is 2.67. The standard InChI is InChI=1S/C11H12F3N/c12-11(13,14)10-7-4-8-15(10)9-5-2-1-3-6-9/h1-3,5-6,10H,4,7-8H2. The van der Waals surface area contributed by atoms with E-state index in [9.17, 15) is 13.2 Å². The molecule has 0 aliphatic carbocycles. The van der Waals surface area contributed by atoms with Gasteiger partial charge in [-0.15, -0.1) is 0 Å². The Balaban J connectivity index is 2.23. The quantitative estimate of drug-likeness (QED) is 0.695. The maximum Gasteiger partial charge on any atom is 0.408 e. The molecule has 2 rings (SSSR count). The second kappa shape index (κ2) is 3.76. The predicted molar refractivity (Wildman–Crippen MR) is 52.9 cm³/mol. The number of hydrogen-bond donors (Lipinski definition) is 0. The van der Waals surface area contributed by atoms with Gasteiger partial charge < -0.3 is 4.90 Å². The number of alkyl halides is 3. The molecule has 1 aliphatic heterocycles. The summed E-state index contributed by atoms with van der Waals surface area (Å²) in [4.78, 5) is 1.44. The molecule has 0 N–H and O–H groups in total. The van der Waals surface area contributed by atoms with Crippen molar-refractivity contribution < 1.29 is 13.2 Å². The fourth-order valence-electron chi connectivity index (χ4n) is 2.04. The van der Waals surface area contributed by atoms with Crippen molar-refractivity contribution in [3.8, 4) is 0 Å². The molecule has 4 heteroatoms. The van der Waals surface area contributed by atoms with Crippen LogP contribution >= 0.6 is 0 Å². The van der Waals surface area contributed by atoms with Gasteiger partial charge in [0.05, 0.1) is 0 Å². The minimum absolute atomic E-state index is 0.207. The largest absolute Gasteiger partial charge is 0.408 e. The molecule has 1 nitrogen and oxygen atoms in total. The zero-order valence-electron chi connectivity index (χ0n) is 8.17. The summed E-state index contributed by atoms with van der Waals surface area (Å²) in [6, 6.07) is 7.48. The van der Waals surface area contributed by atoms with Crippen molar-refractivity contribution in [3.05, 3.63) is 30.3 Å². The molecule has 0 bridgehead atoms. The highest BCUT2D eigenvalue weighted by atomic mass is 19.4. The van der Waals surface area contributed by atoms with Gasteiger partial charge in [0.1, 0.15) is 6.04 Å². The highest BCUT2D eigenvalue weighted by molar-refractivity contribution is 5.48. The third kappa shape index (κ3) is 2.08. The molecule has 0 radical (unpaired) electrons. The van der Waals surface area contributed by atoms with E-state index in [1.807, 2.05) is 6.07 Å². The van der Waals surface area contributed by atoms with Gasteiger partial charge in [0.2, 0.25) is 0 Å². The summed E-state index contributed by atoms with van der Waals surface area (Å²) >= 11 is 0. The number of anilines is 1. The molecule has 15 heavy (non-hydrogen) atoms. The van der Waals surface area contributed by atoms with Gasteiger partial charge in [-0.3, -0.25) is 0 Å². The molecule has 0 aromatic heterocycles. The molecular formula is C11H12F3N. The molecule has 0 saturated carbocycles. The molecule has 1 aliphatic rings. The first-order valence-corrected chi connectivity index (χ1v) is 4.97. The first-order chi connectivity index (χ1) is 7.09. The molecular weight excluding hydrogens is 203 g/mol. The normalized spacial score (nSPS) is 22.1. The van der Waals surface area contributed by atoms with Gasteiger partial charge >= 0.3 is 6.18 Å². The van der Waals surface area contributed by atoms with Crippen molar-refractivity contribution in [2.75, 3.05) is 11.4 Å². The van der Waals surface area contributed by atoms with Crippen molar-refractivity contribution in [2.45, 2.75) is 25.1 Å². The summed E-state index contributed by atoms with van der Waals surface area (Å²) in [6.45, 7) is 0.494. The summed E-state index contributed by atoms with van der Waals surface area (Å²) < 4.78 is 38.0. The Morgan fingerprint density at radius 1 is 1.13 bits per heavy atom. The molecule has 1 heterocycles. The molecule has 0 spiro atoms. The molecule has 1 fully saturated rings. The van der Waals surface area contributed by atoms with Crippen LogP contribution in [0, 0.1) is 0 Å². The van der Waals surface area contributed by atoms with Crippen LogP contribution in [0.5, 0.6) is 0 Å². The second-order valence-electron chi connectivity index (χ2n) is 3.73. The Hall–Kier alpha value is -1.19. The Labute approximate surface area is 86.5 Å². The topological polar surface area (TPSA) is 3.24 Å². The summed E-state index contributed by atoms with van der Waals surface area (Å²) in [6.07, 6.45) is -3.30. The van der Waals surface area contributed by atoms with Gasteiger partial charge in [0, 0.05) is 12.2 Å². The minimum Gasteiger partial charge on any atom is -0.360 e. The highest BCUT2D eigenvalue weighted by Crippen LogP contribution is 2.35. The van der Waals surface area contributed by atoms with Gasteiger partial charge in [0.25, 0.3) is 0 Å². The Morgan fingerprint density at radius 3 is 2.40 bits per heavy atom. The highest BCUT2D eigenvalue weighted by Gasteiger charge is 2.45. The first-order valence-electron chi connectivity index (χ1n) is 4.97. The molecule has 1 unspecified atom stereocenters. The summed E-state index contributed by atoms with van der Waals surface area (Å²) in [5, 5.41) is 0. The van der Waals surface area contributed by atoms with Crippen molar-refractivity contribution >= 4 is 5.69 Å². The summed E-state index contributed by atoms with van der Waals surface area (Å²) in [5.41, 5.74) is 0.664. The van der Waals surface area contributed by atoms with Gasteiger partial charge in [0.15, 0.2) is 0 Å². The van der Waals surface area contributed by atoms with Crippen molar-refractivity contribution in [3.63, 3.8) is 0 Å². The van der Waals surface area contributed by atoms with Crippen molar-refractivity contribution in [1.29, 1.82) is 0 Å². The van der Waals surface area contributed by atoms with Crippen LogP contribution in [0.25, 0.3) is 0 Å². The van der Waals surface area contributed by atoms with E-state index in [4.69, 9.17) is 0 Å². The van der Waals surface area contributed by atoms with E-state index in [1.54, 1.807) is 24.3 Å². The van der Waals surface area contributed by atoms with E-state index < -0.39 is 12.2 Å². The maximum absolute atomic E-state index is 12.7. The van der Waals surface area contributed by atoms with Gasteiger partial charge in [-0.05, 0) is 25.0 Å². The lowest BCUT2D eigenvalue weighted by atomic mass is 10.2. The predicted octanol–water partition coefficient (Wildman–Crippen LogP) is 3.22. The van der Waals surface area contributed by atoms with Crippen LogP contribution in [0.15, 0.2) is 30.3 Å². The second-order valence-corrected chi connectivity index (χ2v) is 3.73. The van der Waals surface area contributed by atoms with Crippen LogP contribution in [0.1, 0.15) is 12.8 Å². The van der Waals surface area contributed by atoms with Crippen molar-refractivity contribution in [2.24, 2.45) is 0 Å². The molecule has 1 aromatic carbocycles. The molecule has 1 aromatic rings. The third-order valence-electron chi connectivity index (χ3n) is 2.72. The van der Waals surface area contributed by atoms with Gasteiger partial charge in [-0.25, -0.2) is 0 Å². The van der Waals surface area contributed by atoms with E-state index in [0.717, 1.165) is 0 Å². The Morgan fingerprint density at radius 2 is 1.80 bits per heavy atom. The molecule has 1 saturated heterocycles. The van der Waals surface area contributed by atoms with Crippen LogP contribution in [0.2, 0.25) is 0 Å². The number of nitrogens with zero attached hydrogens (tertiary/aromatic N) is 1. The summed E-state index contributed by atoms with van der Waals surface area (Å²) in [5.74, 6) is 0. The van der Waals surface area contributed by atoms with Gasteiger partial charge in [-0.1, -0.05) is 18.2 Å². The summed E-state index contributed by atoms with van der Waals surface area (Å²) in [7, 11) is 0. The van der Waals surface area contributed by atoms with Crippen LogP contribution in [0.3, 0.4) is 0 Å². The lowest BCUT2D eigenvalue weighted by Crippen LogP contribution is -2.41. The maximum atomic E-state index is 12.7. The van der Waals surface area contributed by atoms with Crippen LogP contribution < -0.4 is 4.90 Å². The van der Waals surface area contributed by atoms with Crippen LogP contribution in [0.4, 0.5) is 18.9 Å². The number of para-hydroxylation sites is 1. The number of hydrogen-bond acceptors (Lipinski definition) is 1. The van der Waals surface area contributed by atoms with E-state index in [1.165, 1.54) is 4.90 Å². The Kier molecular flexibility index (Phi) is 2.59. The molecule has 1 atom stereocenters. The lowest BCUT2D eigenvalue weighted by Gasteiger charge is -2.28. The smallest absolute Gasteiger partial charge is 0.360 e. The van der Waals surface area contributed by atoms with E-state index in [-0.39, 0.29) is 6.42 Å². The number of benzene rings is 1. The van der Waals surface area contributed by atoms with E-state index >= 15 is 0 Å². The Bertz CT molecular complexity index is 320. The third-order valence-corrected chi connectivity index (χ3v) is 2.72. The molecule has 82 valence electrons. The van der Waals surface area contributed by atoms with Crippen LogP contribution in [-0.2, 0) is 0 Å². The minimum atomic E-state index is -4.12. The number of halogens is 3. The van der Waals surface area contributed by atoms with Gasteiger partial charge in [-0.2, -0.15) is 13.2 Å². The SMILES string of the molecule is FC(F)(F)C1CCCN1c1ccccc1. The average molecular weight is 215 g/mol. The van der Waals surface area contributed by atoms with Crippen LogP contribution in [-0.4, -0.2) is 18.8 Å². The van der Waals surface area contributed by atoms with Crippen molar-refractivity contribution in [1.82, 2.24) is 0 Å². The van der Waals surface area contributed by atoms with E-state index in [2.05, 4.69) is 0 Å². The fraction of sp³-hybridized carbons (Fsp3) is 0.455. The lowest BCUT2D eigenvalue weighted by molar-refractivity contribution is -0.145. The molecule has 0 amide bonds. The van der Waals surface area contributed by atoms with E-state index in [0.29, 0.717) is 18.7 Å². The zero-order valence-corrected chi connectivity index (χ0v) is 8.17. The monoisotopic (exact) mass is 215 g/mol. The number of rotatable bonds is 1. The first kappa shape index (κ1) is 10.3.